The van der Waals surface area contributed by atoms with Crippen LogP contribution in [0.1, 0.15) is 297 Å². The minimum absolute atomic E-state index is 0.0248. The maximum Gasteiger partial charge on any atom is 0.472 e. The minimum atomic E-state index is -5.01. The van der Waals surface area contributed by atoms with Crippen molar-refractivity contribution in [3.05, 3.63) is 158 Å². The van der Waals surface area contributed by atoms with E-state index in [2.05, 4.69) is 167 Å². The average molecular weight is 1500 g/mol. The molecule has 0 heterocycles. The van der Waals surface area contributed by atoms with Crippen LogP contribution in [0.3, 0.4) is 0 Å². The second kappa shape index (κ2) is 75.9. The second-order valence-corrected chi connectivity index (χ2v) is 28.8. The van der Waals surface area contributed by atoms with Gasteiger partial charge in [0.05, 0.1) is 26.4 Å². The average Bonchev–Trinajstić information content (AvgIpc) is 0.911. The van der Waals surface area contributed by atoms with E-state index >= 15 is 0 Å². The van der Waals surface area contributed by atoms with E-state index in [1.807, 2.05) is 18.2 Å². The van der Waals surface area contributed by atoms with E-state index in [0.29, 0.717) is 32.1 Å². The number of rotatable bonds is 73. The molecule has 0 rings (SSSR count). The van der Waals surface area contributed by atoms with Gasteiger partial charge >= 0.3 is 39.5 Å². The van der Waals surface area contributed by atoms with Gasteiger partial charge in [-0.3, -0.25) is 37.3 Å². The molecule has 5 atom stereocenters. The molecule has 0 radical (unpaired) electrons. The number of carbonyl (C=O) groups excluding carboxylic acids is 4. The molecular weight excluding hydrogens is 1350 g/mol. The quantitative estimate of drug-likeness (QED) is 0.0169. The molecule has 0 fully saturated rings. The molecule has 3 N–H and O–H groups in total. The minimum Gasteiger partial charge on any atom is -0.462 e. The van der Waals surface area contributed by atoms with Gasteiger partial charge in [0.25, 0.3) is 0 Å². The van der Waals surface area contributed by atoms with Crippen LogP contribution in [0.4, 0.5) is 0 Å². The number of carbonyl (C=O) groups is 4. The highest BCUT2D eigenvalue weighted by atomic mass is 31.2. The number of ether oxygens (including phenoxy) is 4. The normalized spacial score (nSPS) is 14.7. The summed E-state index contributed by atoms with van der Waals surface area (Å²) in [6.45, 7) is 4.43. The van der Waals surface area contributed by atoms with Crippen LogP contribution < -0.4 is 0 Å². The zero-order chi connectivity index (χ0) is 76.0. The Hall–Kier alpha value is -5.32. The number of hydrogen-bond acceptors (Lipinski definition) is 15. The molecule has 0 amide bonds. The van der Waals surface area contributed by atoms with Gasteiger partial charge in [-0.05, 0) is 154 Å². The smallest absolute Gasteiger partial charge is 0.462 e. The fraction of sp³-hybridized carbons (Fsp3) is 0.647. The van der Waals surface area contributed by atoms with Crippen LogP contribution in [0.2, 0.25) is 0 Å². The predicted octanol–water partition coefficient (Wildman–Crippen LogP) is 23.2. The van der Waals surface area contributed by atoms with E-state index in [1.54, 1.807) is 0 Å². The molecule has 0 aromatic heterocycles. The summed E-state index contributed by atoms with van der Waals surface area (Å²) in [5.74, 6) is -2.33. The number of unbranched alkanes of at least 4 members (excludes halogenated alkanes) is 21. The monoisotopic (exact) mass is 1490 g/mol. The van der Waals surface area contributed by atoms with Crippen LogP contribution in [-0.2, 0) is 65.4 Å². The van der Waals surface area contributed by atoms with Gasteiger partial charge < -0.3 is 33.8 Å². The number of hydrogen-bond donors (Lipinski definition) is 3. The molecule has 5 unspecified atom stereocenters. The van der Waals surface area contributed by atoms with Crippen LogP contribution in [0.5, 0.6) is 0 Å². The zero-order valence-electron chi connectivity index (χ0n) is 64.6. The molecule has 0 aliphatic heterocycles. The van der Waals surface area contributed by atoms with Crippen molar-refractivity contribution in [3.63, 3.8) is 0 Å². The van der Waals surface area contributed by atoms with Crippen LogP contribution in [0, 0.1) is 0 Å². The van der Waals surface area contributed by atoms with Crippen molar-refractivity contribution in [2.75, 3.05) is 39.6 Å². The van der Waals surface area contributed by atoms with E-state index in [1.165, 1.54) is 38.5 Å². The van der Waals surface area contributed by atoms with Gasteiger partial charge in [0, 0.05) is 25.7 Å². The van der Waals surface area contributed by atoms with E-state index in [-0.39, 0.29) is 25.7 Å². The Morgan fingerprint density at radius 1 is 0.279 bits per heavy atom. The summed E-state index contributed by atoms with van der Waals surface area (Å²) in [6.07, 6.45) is 88.1. The fourth-order valence-electron chi connectivity index (χ4n) is 9.97. The molecule has 0 saturated carbocycles. The van der Waals surface area contributed by atoms with Gasteiger partial charge in [-0.1, -0.05) is 276 Å². The van der Waals surface area contributed by atoms with Crippen molar-refractivity contribution in [2.45, 2.75) is 316 Å². The number of aliphatic hydroxyl groups excluding tert-OH is 1. The third-order valence-electron chi connectivity index (χ3n) is 16.0. The maximum atomic E-state index is 13.1. The summed E-state index contributed by atoms with van der Waals surface area (Å²) >= 11 is 0. The van der Waals surface area contributed by atoms with Gasteiger partial charge in [-0.15, -0.1) is 0 Å². The fourth-order valence-corrected chi connectivity index (χ4v) is 11.6. The first-order valence-corrected chi connectivity index (χ1v) is 42.7. The third kappa shape index (κ3) is 74.9. The Kier molecular flexibility index (Phi) is 72.0. The van der Waals surface area contributed by atoms with Gasteiger partial charge in [-0.2, -0.15) is 0 Å². The highest BCUT2D eigenvalue weighted by Gasteiger charge is 2.30. The lowest BCUT2D eigenvalue weighted by molar-refractivity contribution is -0.161. The Labute approximate surface area is 629 Å². The summed E-state index contributed by atoms with van der Waals surface area (Å²) < 4.78 is 68.5. The third-order valence-corrected chi connectivity index (χ3v) is 17.9. The molecular formula is C85H140O17P2. The number of allylic oxidation sites excluding steroid dienone is 26. The molecule has 0 aliphatic rings. The van der Waals surface area contributed by atoms with Crippen molar-refractivity contribution in [2.24, 2.45) is 0 Å². The summed E-state index contributed by atoms with van der Waals surface area (Å²) in [5.41, 5.74) is 0. The zero-order valence-corrected chi connectivity index (χ0v) is 66.4. The van der Waals surface area contributed by atoms with E-state index < -0.39 is 97.5 Å². The van der Waals surface area contributed by atoms with Crippen LogP contribution >= 0.6 is 15.6 Å². The first-order chi connectivity index (χ1) is 50.7. The van der Waals surface area contributed by atoms with Crippen molar-refractivity contribution in [1.82, 2.24) is 0 Å². The molecule has 0 aromatic carbocycles. The van der Waals surface area contributed by atoms with E-state index in [4.69, 9.17) is 37.0 Å². The van der Waals surface area contributed by atoms with Crippen molar-refractivity contribution < 1.29 is 80.2 Å². The summed E-state index contributed by atoms with van der Waals surface area (Å²) in [6, 6.07) is 0. The lowest BCUT2D eigenvalue weighted by atomic mass is 10.1. The van der Waals surface area contributed by atoms with Gasteiger partial charge in [0.1, 0.15) is 19.3 Å². The van der Waals surface area contributed by atoms with Crippen molar-refractivity contribution in [1.29, 1.82) is 0 Å². The SMILES string of the molecule is CC/C=C\C/C=C\C/C=C\C/C=C\C/C=C\C/C=C\CCC(=O)OCC(COP(=O)(O)OCC(O)COP(=O)(O)OCC(COC(=O)CCCCCCC/C=C\CCCCCCCC)OC(=O)CCCCCCC/C=C\C/C=C\CCC)OC(=O)CCCCCC/C=C\C/C=C\C/C=C\C/C=C\CC. The van der Waals surface area contributed by atoms with Crippen LogP contribution in [0.15, 0.2) is 158 Å². The molecule has 0 bridgehead atoms. The predicted molar refractivity (Wildman–Crippen MR) is 427 cm³/mol. The number of phosphoric ester groups is 2. The molecule has 0 spiro atoms. The van der Waals surface area contributed by atoms with Gasteiger partial charge in [0.2, 0.25) is 0 Å². The highest BCUT2D eigenvalue weighted by molar-refractivity contribution is 7.47. The molecule has 19 heteroatoms. The molecule has 592 valence electrons. The second-order valence-electron chi connectivity index (χ2n) is 25.9. The van der Waals surface area contributed by atoms with Gasteiger partial charge in [-0.25, -0.2) is 9.13 Å². The lowest BCUT2D eigenvalue weighted by Crippen LogP contribution is -2.30. The highest BCUT2D eigenvalue weighted by Crippen LogP contribution is 2.45. The summed E-state index contributed by atoms with van der Waals surface area (Å²) in [5, 5.41) is 10.6. The maximum absolute atomic E-state index is 13.1. The van der Waals surface area contributed by atoms with Crippen LogP contribution in [0.25, 0.3) is 0 Å². The largest absolute Gasteiger partial charge is 0.472 e. The number of esters is 4. The van der Waals surface area contributed by atoms with Crippen LogP contribution in [-0.4, -0.2) is 96.7 Å². The first kappa shape index (κ1) is 98.7. The summed E-state index contributed by atoms with van der Waals surface area (Å²) in [4.78, 5) is 73.0. The van der Waals surface area contributed by atoms with Crippen molar-refractivity contribution >= 4 is 39.5 Å². The van der Waals surface area contributed by atoms with Crippen molar-refractivity contribution in [3.8, 4) is 0 Å². The number of phosphoric acid groups is 2. The Morgan fingerprint density at radius 3 is 0.875 bits per heavy atom. The Balaban J connectivity index is 5.47. The van der Waals surface area contributed by atoms with Gasteiger partial charge in [0.15, 0.2) is 12.2 Å². The lowest BCUT2D eigenvalue weighted by Gasteiger charge is -2.21. The topological polar surface area (TPSA) is 237 Å². The standard InChI is InChI=1S/C85H140O17P2/c1-5-9-13-17-21-25-29-33-36-38-39-41-43-47-50-54-58-62-66-70-83(88)96-76-81(102-85(90)72-68-64-60-56-52-48-44-40-37-34-30-26-22-18-14-10-6-2)78-100-104(93,94)98-74-79(86)73-97-103(91,92)99-77-80(101-84(89)71-67-63-59-55-51-45-32-28-24-20-16-12-8-4)75-95-82(87)69-65-61-57-53-49-46-42-35-31-27-23-19-15-11-7-3/h9-10,13-14,16,20-22,25-26,28,32-37,39,41-42,44,47-48,50,58,62,79-81,86H,5-8,11-12,15,17-19,23-24,27,29-31,38,40,43,45-46,49,51-57,59-61,63-78H2,1-4H3,(H,91,92)(H,93,94)/b13-9-,14-10-,20-16-,25-21-,26-22-,32-28-,36-33-,37-34-,41-39-,42-35-,48-44-,50-47-,62-58-. The van der Waals surface area contributed by atoms with E-state index in [0.717, 1.165) is 173 Å². The molecule has 0 aliphatic carbocycles. The summed E-state index contributed by atoms with van der Waals surface area (Å²) in [7, 11) is -10.0. The van der Waals surface area contributed by atoms with E-state index in [9.17, 15) is 43.2 Å². The molecule has 104 heavy (non-hydrogen) atoms. The molecule has 0 aromatic rings. The Morgan fingerprint density at radius 2 is 0.538 bits per heavy atom. The molecule has 0 saturated heterocycles. The molecule has 17 nitrogen and oxygen atoms in total. The first-order valence-electron chi connectivity index (χ1n) is 39.7. The number of aliphatic hydroxyl groups is 1. The Bertz CT molecular complexity index is 2590.